The first-order chi connectivity index (χ1) is 12.1. The number of aromatic nitrogens is 3. The Kier molecular flexibility index (Phi) is 5.63. The fourth-order valence-corrected chi connectivity index (χ4v) is 3.60. The molecule has 1 saturated carbocycles. The fraction of sp³-hybridized carbons (Fsp3) is 0.556. The summed E-state index contributed by atoms with van der Waals surface area (Å²) < 4.78 is 1.70. The molecule has 0 spiro atoms. The zero-order valence-corrected chi connectivity index (χ0v) is 14.2. The molecule has 2 aromatic heterocycles. The molecule has 1 amide bonds. The third-order valence-electron chi connectivity index (χ3n) is 4.94. The molecule has 1 aliphatic carbocycles. The third kappa shape index (κ3) is 4.78. The van der Waals surface area contributed by atoms with E-state index < -0.39 is 5.97 Å². The molecule has 7 heteroatoms. The predicted molar refractivity (Wildman–Crippen MR) is 92.3 cm³/mol. The lowest BCUT2D eigenvalue weighted by molar-refractivity contribution is -0.137. The summed E-state index contributed by atoms with van der Waals surface area (Å²) in [5, 5.41) is 19.7. The summed E-state index contributed by atoms with van der Waals surface area (Å²) in [7, 11) is 0. The number of amides is 1. The lowest BCUT2D eigenvalue weighted by atomic mass is 9.84. The summed E-state index contributed by atoms with van der Waals surface area (Å²) in [5.41, 5.74) is 1.21. The summed E-state index contributed by atoms with van der Waals surface area (Å²) in [6.45, 7) is 0. The van der Waals surface area contributed by atoms with Crippen molar-refractivity contribution < 1.29 is 14.7 Å². The van der Waals surface area contributed by atoms with Crippen molar-refractivity contribution in [1.82, 2.24) is 19.9 Å². The van der Waals surface area contributed by atoms with Crippen LogP contribution in [0.5, 0.6) is 0 Å². The van der Waals surface area contributed by atoms with Crippen molar-refractivity contribution in [3.05, 3.63) is 30.2 Å². The second-order valence-corrected chi connectivity index (χ2v) is 6.86. The zero-order chi connectivity index (χ0) is 17.6. The number of pyridine rings is 1. The number of carboxylic acid groups (broad SMARTS) is 1. The van der Waals surface area contributed by atoms with Crippen LogP contribution in [0.15, 0.2) is 24.7 Å². The summed E-state index contributed by atoms with van der Waals surface area (Å²) in [4.78, 5) is 23.5. The maximum absolute atomic E-state index is 12.6. The van der Waals surface area contributed by atoms with Crippen molar-refractivity contribution in [2.24, 2.45) is 5.92 Å². The summed E-state index contributed by atoms with van der Waals surface area (Å²) >= 11 is 0. The quantitative estimate of drug-likeness (QED) is 0.805. The molecule has 1 fully saturated rings. The first-order valence-electron chi connectivity index (χ1n) is 8.94. The van der Waals surface area contributed by atoms with Crippen LogP contribution in [-0.4, -0.2) is 37.6 Å². The van der Waals surface area contributed by atoms with Crippen LogP contribution in [0, 0.1) is 5.92 Å². The second-order valence-electron chi connectivity index (χ2n) is 6.86. The highest BCUT2D eigenvalue weighted by atomic mass is 16.4. The average molecular weight is 344 g/mol. The summed E-state index contributed by atoms with van der Waals surface area (Å²) in [6, 6.07) is 3.35. The SMILES string of the molecule is O=C(O)CC[C@H](CC1CCCCC1)NC(=O)c1ccc2nncn2c1. The molecule has 1 atom stereocenters. The lowest BCUT2D eigenvalue weighted by Crippen LogP contribution is -2.37. The lowest BCUT2D eigenvalue weighted by Gasteiger charge is -2.27. The maximum Gasteiger partial charge on any atom is 0.303 e. The van der Waals surface area contributed by atoms with E-state index in [4.69, 9.17) is 5.11 Å². The normalized spacial score (nSPS) is 16.6. The monoisotopic (exact) mass is 344 g/mol. The van der Waals surface area contributed by atoms with Gasteiger partial charge in [0.05, 0.1) is 5.56 Å². The van der Waals surface area contributed by atoms with Crippen LogP contribution in [0.3, 0.4) is 0 Å². The number of hydrogen-bond acceptors (Lipinski definition) is 4. The van der Waals surface area contributed by atoms with Crippen molar-refractivity contribution >= 4 is 17.5 Å². The Labute approximate surface area is 146 Å². The van der Waals surface area contributed by atoms with Gasteiger partial charge in [0.2, 0.25) is 0 Å². The third-order valence-corrected chi connectivity index (χ3v) is 4.94. The van der Waals surface area contributed by atoms with E-state index in [-0.39, 0.29) is 18.4 Å². The number of fused-ring (bicyclic) bond motifs is 1. The molecule has 0 bridgehead atoms. The molecular formula is C18H24N4O3. The molecule has 25 heavy (non-hydrogen) atoms. The Morgan fingerprint density at radius 3 is 2.84 bits per heavy atom. The van der Waals surface area contributed by atoms with E-state index in [9.17, 15) is 9.59 Å². The topological polar surface area (TPSA) is 96.6 Å². The second kappa shape index (κ2) is 8.09. The number of carboxylic acids is 1. The van der Waals surface area contributed by atoms with Crippen molar-refractivity contribution in [1.29, 1.82) is 0 Å². The highest BCUT2D eigenvalue weighted by molar-refractivity contribution is 5.94. The zero-order valence-electron chi connectivity index (χ0n) is 14.2. The van der Waals surface area contributed by atoms with E-state index in [1.54, 1.807) is 29.1 Å². The standard InChI is InChI=1S/C18H24N4O3/c23-17(24)9-7-15(10-13-4-2-1-3-5-13)20-18(25)14-6-8-16-21-19-12-22(16)11-14/h6,8,11-13,15H,1-5,7,9-10H2,(H,20,25)(H,23,24)/t15-/m1/s1. The van der Waals surface area contributed by atoms with Gasteiger partial charge < -0.3 is 10.4 Å². The number of nitrogens with one attached hydrogen (secondary N) is 1. The highest BCUT2D eigenvalue weighted by Gasteiger charge is 2.22. The van der Waals surface area contributed by atoms with E-state index in [1.807, 2.05) is 0 Å². The summed E-state index contributed by atoms with van der Waals surface area (Å²) in [6.07, 6.45) is 10.7. The molecule has 0 unspecified atom stereocenters. The van der Waals surface area contributed by atoms with Crippen molar-refractivity contribution in [2.45, 2.75) is 57.4 Å². The van der Waals surface area contributed by atoms with Gasteiger partial charge in [0.15, 0.2) is 5.65 Å². The first-order valence-corrected chi connectivity index (χ1v) is 8.94. The van der Waals surface area contributed by atoms with Crippen LogP contribution in [-0.2, 0) is 4.79 Å². The van der Waals surface area contributed by atoms with E-state index >= 15 is 0 Å². The van der Waals surface area contributed by atoms with Crippen LogP contribution in [0.1, 0.15) is 61.7 Å². The van der Waals surface area contributed by atoms with E-state index in [1.165, 1.54) is 32.1 Å². The van der Waals surface area contributed by atoms with Crippen LogP contribution >= 0.6 is 0 Å². The Bertz CT molecular complexity index is 737. The van der Waals surface area contributed by atoms with Gasteiger partial charge in [-0.2, -0.15) is 0 Å². The van der Waals surface area contributed by atoms with Gasteiger partial charge in [-0.25, -0.2) is 0 Å². The number of nitrogens with zero attached hydrogens (tertiary/aromatic N) is 3. The van der Waals surface area contributed by atoms with Gasteiger partial charge in [-0.3, -0.25) is 14.0 Å². The van der Waals surface area contributed by atoms with Gasteiger partial charge in [-0.1, -0.05) is 32.1 Å². The van der Waals surface area contributed by atoms with Gasteiger partial charge in [-0.05, 0) is 30.9 Å². The van der Waals surface area contributed by atoms with Crippen LogP contribution < -0.4 is 5.32 Å². The molecule has 2 N–H and O–H groups in total. The minimum absolute atomic E-state index is 0.0716. The van der Waals surface area contributed by atoms with Gasteiger partial charge in [0.25, 0.3) is 5.91 Å². The molecule has 3 rings (SSSR count). The van der Waals surface area contributed by atoms with Gasteiger partial charge in [0, 0.05) is 18.7 Å². The van der Waals surface area contributed by atoms with Crippen molar-refractivity contribution in [3.63, 3.8) is 0 Å². The van der Waals surface area contributed by atoms with Gasteiger partial charge in [-0.15, -0.1) is 10.2 Å². The molecular weight excluding hydrogens is 320 g/mol. The fourth-order valence-electron chi connectivity index (χ4n) is 3.60. The van der Waals surface area contributed by atoms with Crippen molar-refractivity contribution in [3.8, 4) is 0 Å². The molecule has 1 aliphatic rings. The van der Waals surface area contributed by atoms with E-state index in [0.29, 0.717) is 23.5 Å². The van der Waals surface area contributed by atoms with Crippen molar-refractivity contribution in [2.75, 3.05) is 0 Å². The number of rotatable bonds is 7. The van der Waals surface area contributed by atoms with Crippen LogP contribution in [0.2, 0.25) is 0 Å². The van der Waals surface area contributed by atoms with Gasteiger partial charge >= 0.3 is 5.97 Å². The largest absolute Gasteiger partial charge is 0.481 e. The Morgan fingerprint density at radius 2 is 2.08 bits per heavy atom. The number of aliphatic carboxylic acids is 1. The minimum atomic E-state index is -0.825. The maximum atomic E-state index is 12.6. The molecule has 134 valence electrons. The van der Waals surface area contributed by atoms with Crippen LogP contribution in [0.25, 0.3) is 5.65 Å². The highest BCUT2D eigenvalue weighted by Crippen LogP contribution is 2.28. The van der Waals surface area contributed by atoms with Gasteiger partial charge in [0.1, 0.15) is 6.33 Å². The number of hydrogen-bond donors (Lipinski definition) is 2. The predicted octanol–water partition coefficient (Wildman–Crippen LogP) is 2.66. The molecule has 7 nitrogen and oxygen atoms in total. The van der Waals surface area contributed by atoms with E-state index in [2.05, 4.69) is 15.5 Å². The molecule has 2 aromatic rings. The summed E-state index contributed by atoms with van der Waals surface area (Å²) in [5.74, 6) is -0.427. The average Bonchev–Trinajstić information content (AvgIpc) is 3.08. The minimum Gasteiger partial charge on any atom is -0.481 e. The van der Waals surface area contributed by atoms with E-state index in [0.717, 1.165) is 6.42 Å². The Balaban J connectivity index is 1.66. The Hall–Kier alpha value is -2.44. The molecule has 2 heterocycles. The van der Waals surface area contributed by atoms with Crippen LogP contribution in [0.4, 0.5) is 0 Å². The first kappa shape index (κ1) is 17.4. The Morgan fingerprint density at radius 1 is 1.28 bits per heavy atom. The molecule has 0 aromatic carbocycles. The smallest absolute Gasteiger partial charge is 0.303 e. The number of carbonyl (C=O) groups is 2. The molecule has 0 aliphatic heterocycles. The molecule has 0 radical (unpaired) electrons. The number of carbonyl (C=O) groups excluding carboxylic acids is 1. The molecule has 0 saturated heterocycles.